The van der Waals surface area contributed by atoms with E-state index in [1.165, 1.54) is 0 Å². The molecule has 2 aromatic heterocycles. The van der Waals surface area contributed by atoms with E-state index >= 15 is 0 Å². The highest BCUT2D eigenvalue weighted by Crippen LogP contribution is 2.10. The van der Waals surface area contributed by atoms with Gasteiger partial charge in [-0.3, -0.25) is 0 Å². The maximum Gasteiger partial charge on any atom is 0.160 e. The van der Waals surface area contributed by atoms with Crippen LogP contribution in [-0.4, -0.2) is 19.5 Å². The lowest BCUT2D eigenvalue weighted by Crippen LogP contribution is -2.16. The highest BCUT2D eigenvalue weighted by molar-refractivity contribution is 7.80. The molecule has 0 bridgehead atoms. The quantitative estimate of drug-likeness (QED) is 0.745. The summed E-state index contributed by atoms with van der Waals surface area (Å²) in [6.07, 6.45) is 3.51. The van der Waals surface area contributed by atoms with Gasteiger partial charge in [-0.15, -0.1) is 0 Å². The van der Waals surface area contributed by atoms with E-state index in [-0.39, 0.29) is 0 Å². The third kappa shape index (κ3) is 1.58. The lowest BCUT2D eigenvalue weighted by atomic mass is 10.3. The van der Waals surface area contributed by atoms with Crippen LogP contribution in [0, 0.1) is 6.92 Å². The number of hydrogen-bond donors (Lipinski definition) is 1. The Labute approximate surface area is 86.8 Å². The van der Waals surface area contributed by atoms with E-state index in [1.807, 2.05) is 17.6 Å². The number of hydrogen-bond acceptors (Lipinski definition) is 3. The lowest BCUT2D eigenvalue weighted by molar-refractivity contribution is 0.871. The Kier molecular flexibility index (Phi) is 2.17. The van der Waals surface area contributed by atoms with Gasteiger partial charge in [0.1, 0.15) is 5.52 Å². The van der Waals surface area contributed by atoms with Crippen molar-refractivity contribution in [2.75, 3.05) is 0 Å². The Morgan fingerprint density at radius 1 is 1.57 bits per heavy atom. The van der Waals surface area contributed by atoms with E-state index in [4.69, 9.17) is 18.0 Å². The second-order valence-electron chi connectivity index (χ2n) is 3.19. The molecule has 0 fully saturated rings. The molecule has 0 atom stereocenters. The monoisotopic (exact) mass is 206 g/mol. The fraction of sp³-hybridized carbons (Fsp3) is 0.222. The van der Waals surface area contributed by atoms with Gasteiger partial charge in [0, 0.05) is 6.20 Å². The summed E-state index contributed by atoms with van der Waals surface area (Å²) in [6.45, 7) is 2.47. The maximum absolute atomic E-state index is 5.46. The summed E-state index contributed by atoms with van der Waals surface area (Å²) in [5.74, 6) is 0. The predicted molar refractivity (Wildman–Crippen MR) is 59.1 cm³/mol. The zero-order valence-corrected chi connectivity index (χ0v) is 8.58. The van der Waals surface area contributed by atoms with E-state index in [1.54, 1.807) is 12.5 Å². The molecule has 0 radical (unpaired) electrons. The lowest BCUT2D eigenvalue weighted by Gasteiger charge is -2.00. The maximum atomic E-state index is 5.46. The van der Waals surface area contributed by atoms with Gasteiger partial charge in [0.15, 0.2) is 5.65 Å². The SMILES string of the molecule is Cc1cnc2c(c1)ncn2CC(N)=S. The van der Waals surface area contributed by atoms with E-state index in [0.29, 0.717) is 11.5 Å². The molecule has 0 amide bonds. The number of rotatable bonds is 2. The molecule has 14 heavy (non-hydrogen) atoms. The molecular formula is C9H10N4S. The first-order chi connectivity index (χ1) is 6.66. The summed E-state index contributed by atoms with van der Waals surface area (Å²) in [4.78, 5) is 8.93. The van der Waals surface area contributed by atoms with Gasteiger partial charge in [0.05, 0.1) is 17.9 Å². The number of pyridine rings is 1. The van der Waals surface area contributed by atoms with Gasteiger partial charge < -0.3 is 10.3 Å². The molecule has 0 aliphatic carbocycles. The smallest absolute Gasteiger partial charge is 0.160 e. The molecule has 2 aromatic rings. The predicted octanol–water partition coefficient (Wildman–Crippen LogP) is 1.03. The van der Waals surface area contributed by atoms with Crippen molar-refractivity contribution in [2.45, 2.75) is 13.5 Å². The van der Waals surface area contributed by atoms with Crippen LogP contribution in [0.2, 0.25) is 0 Å². The number of thiocarbonyl (C=S) groups is 1. The average molecular weight is 206 g/mol. The Morgan fingerprint density at radius 3 is 3.07 bits per heavy atom. The van der Waals surface area contributed by atoms with Crippen LogP contribution >= 0.6 is 12.2 Å². The molecule has 0 aromatic carbocycles. The second kappa shape index (κ2) is 3.34. The topological polar surface area (TPSA) is 56.7 Å². The van der Waals surface area contributed by atoms with Crippen LogP contribution in [0.3, 0.4) is 0 Å². The van der Waals surface area contributed by atoms with Crippen LogP contribution in [0.1, 0.15) is 5.56 Å². The molecule has 0 saturated heterocycles. The molecule has 0 unspecified atom stereocenters. The van der Waals surface area contributed by atoms with Crippen molar-refractivity contribution >= 4 is 28.4 Å². The first kappa shape index (κ1) is 9.08. The highest BCUT2D eigenvalue weighted by Gasteiger charge is 2.03. The molecular weight excluding hydrogens is 196 g/mol. The van der Waals surface area contributed by atoms with Crippen LogP contribution in [0.4, 0.5) is 0 Å². The summed E-state index contributed by atoms with van der Waals surface area (Å²) < 4.78 is 1.84. The van der Waals surface area contributed by atoms with E-state index in [0.717, 1.165) is 16.7 Å². The van der Waals surface area contributed by atoms with Gasteiger partial charge in [-0.2, -0.15) is 0 Å². The highest BCUT2D eigenvalue weighted by atomic mass is 32.1. The average Bonchev–Trinajstić information content (AvgIpc) is 2.47. The molecule has 2 rings (SSSR count). The van der Waals surface area contributed by atoms with Gasteiger partial charge in [-0.1, -0.05) is 12.2 Å². The molecule has 4 nitrogen and oxygen atoms in total. The first-order valence-corrected chi connectivity index (χ1v) is 4.63. The van der Waals surface area contributed by atoms with Crippen molar-refractivity contribution in [3.8, 4) is 0 Å². The second-order valence-corrected chi connectivity index (χ2v) is 3.72. The number of fused-ring (bicyclic) bond motifs is 1. The summed E-state index contributed by atoms with van der Waals surface area (Å²) in [5, 5.41) is 0. The van der Waals surface area contributed by atoms with Crippen molar-refractivity contribution in [1.82, 2.24) is 14.5 Å². The summed E-state index contributed by atoms with van der Waals surface area (Å²) >= 11 is 4.83. The van der Waals surface area contributed by atoms with Crippen molar-refractivity contribution in [1.29, 1.82) is 0 Å². The summed E-state index contributed by atoms with van der Waals surface area (Å²) in [7, 11) is 0. The van der Waals surface area contributed by atoms with Gasteiger partial charge >= 0.3 is 0 Å². The largest absolute Gasteiger partial charge is 0.392 e. The Balaban J connectivity index is 2.52. The van der Waals surface area contributed by atoms with Crippen LogP contribution in [-0.2, 0) is 6.54 Å². The van der Waals surface area contributed by atoms with Crippen molar-refractivity contribution < 1.29 is 0 Å². The summed E-state index contributed by atoms with van der Waals surface area (Å²) in [5.41, 5.74) is 8.25. The molecule has 0 aliphatic heterocycles. The first-order valence-electron chi connectivity index (χ1n) is 4.22. The molecule has 0 spiro atoms. The molecule has 5 heteroatoms. The molecule has 2 heterocycles. The fourth-order valence-corrected chi connectivity index (χ4v) is 1.47. The number of nitrogens with two attached hydrogens (primary N) is 1. The van der Waals surface area contributed by atoms with E-state index < -0.39 is 0 Å². The minimum atomic E-state index is 0.437. The number of aromatic nitrogens is 3. The fourth-order valence-electron chi connectivity index (χ4n) is 1.33. The number of aryl methyl sites for hydroxylation is 1. The van der Waals surface area contributed by atoms with E-state index in [2.05, 4.69) is 9.97 Å². The molecule has 0 aliphatic rings. The third-order valence-electron chi connectivity index (χ3n) is 1.92. The Morgan fingerprint density at radius 2 is 2.36 bits per heavy atom. The zero-order valence-electron chi connectivity index (χ0n) is 7.77. The van der Waals surface area contributed by atoms with E-state index in [9.17, 15) is 0 Å². The van der Waals surface area contributed by atoms with Gasteiger partial charge in [0.2, 0.25) is 0 Å². The minimum Gasteiger partial charge on any atom is -0.392 e. The van der Waals surface area contributed by atoms with Crippen LogP contribution in [0.5, 0.6) is 0 Å². The van der Waals surface area contributed by atoms with Gasteiger partial charge in [0.25, 0.3) is 0 Å². The normalized spacial score (nSPS) is 10.6. The Bertz CT molecular complexity index is 489. The van der Waals surface area contributed by atoms with Crippen molar-refractivity contribution in [3.63, 3.8) is 0 Å². The van der Waals surface area contributed by atoms with Crippen molar-refractivity contribution in [3.05, 3.63) is 24.2 Å². The zero-order chi connectivity index (χ0) is 10.1. The molecule has 72 valence electrons. The standard InChI is InChI=1S/C9H10N4S/c1-6-2-7-9(11-3-6)13(5-12-7)4-8(10)14/h2-3,5H,4H2,1H3,(H2,10,14). The molecule has 0 saturated carbocycles. The minimum absolute atomic E-state index is 0.437. The van der Waals surface area contributed by atoms with Crippen LogP contribution in [0.15, 0.2) is 18.6 Å². The Hall–Kier alpha value is -1.49. The van der Waals surface area contributed by atoms with Gasteiger partial charge in [-0.25, -0.2) is 9.97 Å². The molecule has 2 N–H and O–H groups in total. The number of nitrogens with zero attached hydrogens (tertiary/aromatic N) is 3. The number of imidazole rings is 1. The van der Waals surface area contributed by atoms with Crippen molar-refractivity contribution in [2.24, 2.45) is 5.73 Å². The summed E-state index contributed by atoms with van der Waals surface area (Å²) in [6, 6.07) is 1.98. The third-order valence-corrected chi connectivity index (χ3v) is 2.05. The van der Waals surface area contributed by atoms with Crippen LogP contribution in [0.25, 0.3) is 11.2 Å². The van der Waals surface area contributed by atoms with Gasteiger partial charge in [-0.05, 0) is 18.6 Å². The van der Waals surface area contributed by atoms with Crippen LogP contribution < -0.4 is 5.73 Å².